The molecule has 1 aromatic heterocycles. The fourth-order valence-electron chi connectivity index (χ4n) is 2.55. The number of amides is 2. The van der Waals surface area contributed by atoms with Crippen LogP contribution in [0.2, 0.25) is 0 Å². The number of aromatic nitrogens is 2. The molecule has 0 aliphatic rings. The fourth-order valence-corrected chi connectivity index (χ4v) is 2.55. The number of para-hydroxylation sites is 1. The lowest BCUT2D eigenvalue weighted by Gasteiger charge is -2.06. The smallest absolute Gasteiger partial charge is 0.276 e. The molecule has 3 rings (SSSR count). The molecule has 0 unspecified atom stereocenters. The summed E-state index contributed by atoms with van der Waals surface area (Å²) in [4.78, 5) is 24.0. The highest BCUT2D eigenvalue weighted by Gasteiger charge is 2.16. The summed E-state index contributed by atoms with van der Waals surface area (Å²) in [6, 6.07) is 18.5. The third-order valence-corrected chi connectivity index (χ3v) is 3.87. The highest BCUT2D eigenvalue weighted by molar-refractivity contribution is 6.04. The van der Waals surface area contributed by atoms with Crippen LogP contribution in [0.25, 0.3) is 5.69 Å². The summed E-state index contributed by atoms with van der Waals surface area (Å²) < 4.78 is 1.54. The number of hydrogen-bond acceptors (Lipinski definition) is 3. The molecular formula is C20H20N4O2. The highest BCUT2D eigenvalue weighted by Crippen LogP contribution is 2.19. The van der Waals surface area contributed by atoms with E-state index in [9.17, 15) is 9.59 Å². The van der Waals surface area contributed by atoms with Crippen LogP contribution in [0.3, 0.4) is 0 Å². The Hall–Kier alpha value is -3.41. The lowest BCUT2D eigenvalue weighted by molar-refractivity contribution is -0.114. The van der Waals surface area contributed by atoms with Crippen molar-refractivity contribution in [1.82, 2.24) is 9.78 Å². The molecule has 132 valence electrons. The molecule has 0 atom stereocenters. The van der Waals surface area contributed by atoms with E-state index in [1.165, 1.54) is 17.2 Å². The van der Waals surface area contributed by atoms with E-state index in [1.54, 1.807) is 6.07 Å². The van der Waals surface area contributed by atoms with Crippen LogP contribution in [0.5, 0.6) is 0 Å². The summed E-state index contributed by atoms with van der Waals surface area (Å²) in [5, 5.41) is 9.89. The molecule has 0 spiro atoms. The third-order valence-electron chi connectivity index (χ3n) is 3.87. The summed E-state index contributed by atoms with van der Waals surface area (Å²) in [5.41, 5.74) is 2.87. The molecule has 0 aliphatic carbocycles. The second kappa shape index (κ2) is 7.65. The van der Waals surface area contributed by atoms with Crippen molar-refractivity contribution in [2.24, 2.45) is 0 Å². The van der Waals surface area contributed by atoms with E-state index in [-0.39, 0.29) is 17.5 Å². The quantitative estimate of drug-likeness (QED) is 0.739. The van der Waals surface area contributed by atoms with E-state index in [2.05, 4.69) is 22.7 Å². The molecule has 0 saturated heterocycles. The average molecular weight is 348 g/mol. The standard InChI is InChI=1S/C20H20N4O2/c1-3-15-9-11-16(12-10-15)22-20(26)18-13-19(21-14(2)25)24(23-18)17-7-5-4-6-8-17/h4-13H,3H2,1-2H3,(H,21,25)(H,22,26). The average Bonchev–Trinajstić information content (AvgIpc) is 3.06. The molecule has 26 heavy (non-hydrogen) atoms. The van der Waals surface area contributed by atoms with E-state index in [4.69, 9.17) is 0 Å². The van der Waals surface area contributed by atoms with E-state index in [1.807, 2.05) is 54.6 Å². The van der Waals surface area contributed by atoms with Gasteiger partial charge in [0.2, 0.25) is 5.91 Å². The summed E-state index contributed by atoms with van der Waals surface area (Å²) in [6.07, 6.45) is 0.940. The predicted octanol–water partition coefficient (Wildman–Crippen LogP) is 3.65. The number of hydrogen-bond donors (Lipinski definition) is 2. The monoisotopic (exact) mass is 348 g/mol. The van der Waals surface area contributed by atoms with Gasteiger partial charge in [-0.1, -0.05) is 37.3 Å². The van der Waals surface area contributed by atoms with Gasteiger partial charge in [0.05, 0.1) is 5.69 Å². The Bertz CT molecular complexity index is 915. The van der Waals surface area contributed by atoms with Crippen LogP contribution in [0.4, 0.5) is 11.5 Å². The molecule has 6 nitrogen and oxygen atoms in total. The Morgan fingerprint density at radius 3 is 2.31 bits per heavy atom. The van der Waals surface area contributed by atoms with Crippen LogP contribution in [0.15, 0.2) is 60.7 Å². The first kappa shape index (κ1) is 17.4. The summed E-state index contributed by atoms with van der Waals surface area (Å²) in [6.45, 7) is 3.49. The van der Waals surface area contributed by atoms with Gasteiger partial charge in [-0.15, -0.1) is 0 Å². The van der Waals surface area contributed by atoms with Crippen molar-refractivity contribution < 1.29 is 9.59 Å². The zero-order valence-electron chi connectivity index (χ0n) is 14.7. The van der Waals surface area contributed by atoms with Crippen molar-refractivity contribution in [3.05, 3.63) is 71.9 Å². The Labute approximate surface area is 151 Å². The molecule has 0 saturated carbocycles. The molecule has 2 N–H and O–H groups in total. The largest absolute Gasteiger partial charge is 0.321 e. The van der Waals surface area contributed by atoms with Crippen LogP contribution in [0.1, 0.15) is 29.9 Å². The van der Waals surface area contributed by atoms with Crippen molar-refractivity contribution in [1.29, 1.82) is 0 Å². The predicted molar refractivity (Wildman–Crippen MR) is 102 cm³/mol. The van der Waals surface area contributed by atoms with Crippen molar-refractivity contribution >= 4 is 23.3 Å². The lowest BCUT2D eigenvalue weighted by atomic mass is 10.1. The number of benzene rings is 2. The van der Waals surface area contributed by atoms with Crippen molar-refractivity contribution in [2.45, 2.75) is 20.3 Å². The van der Waals surface area contributed by atoms with Crippen LogP contribution in [-0.4, -0.2) is 21.6 Å². The summed E-state index contributed by atoms with van der Waals surface area (Å²) in [5.74, 6) is -0.130. The number of carbonyl (C=O) groups excluding carboxylic acids is 2. The van der Waals surface area contributed by atoms with E-state index in [0.29, 0.717) is 11.5 Å². The molecule has 2 amide bonds. The second-order valence-electron chi connectivity index (χ2n) is 5.85. The Kier molecular flexibility index (Phi) is 5.12. The fraction of sp³-hybridized carbons (Fsp3) is 0.150. The Balaban J connectivity index is 1.87. The maximum atomic E-state index is 12.6. The molecule has 0 radical (unpaired) electrons. The van der Waals surface area contributed by atoms with Gasteiger partial charge in [0.1, 0.15) is 5.82 Å². The van der Waals surface area contributed by atoms with Crippen LogP contribution < -0.4 is 10.6 Å². The van der Waals surface area contributed by atoms with Gasteiger partial charge in [0, 0.05) is 18.7 Å². The molecule has 6 heteroatoms. The third kappa shape index (κ3) is 3.97. The van der Waals surface area contributed by atoms with Gasteiger partial charge >= 0.3 is 0 Å². The van der Waals surface area contributed by atoms with E-state index in [0.717, 1.165) is 12.1 Å². The topological polar surface area (TPSA) is 76.0 Å². The molecule has 0 bridgehead atoms. The highest BCUT2D eigenvalue weighted by atomic mass is 16.2. The van der Waals surface area contributed by atoms with Gasteiger partial charge < -0.3 is 10.6 Å². The number of nitrogens with zero attached hydrogens (tertiary/aromatic N) is 2. The van der Waals surface area contributed by atoms with Gasteiger partial charge in [0.25, 0.3) is 5.91 Å². The van der Waals surface area contributed by atoms with Crippen molar-refractivity contribution in [3.63, 3.8) is 0 Å². The first-order valence-electron chi connectivity index (χ1n) is 8.40. The first-order chi connectivity index (χ1) is 12.6. The molecule has 0 aliphatic heterocycles. The van der Waals surface area contributed by atoms with Gasteiger partial charge in [-0.2, -0.15) is 5.10 Å². The summed E-state index contributed by atoms with van der Waals surface area (Å²) >= 11 is 0. The SMILES string of the molecule is CCc1ccc(NC(=O)c2cc(NC(C)=O)n(-c3ccccc3)n2)cc1. The normalized spacial score (nSPS) is 10.4. The molecule has 1 heterocycles. The molecule has 0 fully saturated rings. The van der Waals surface area contributed by atoms with Crippen LogP contribution >= 0.6 is 0 Å². The number of rotatable bonds is 5. The maximum Gasteiger partial charge on any atom is 0.276 e. The number of aryl methyl sites for hydroxylation is 1. The number of nitrogens with one attached hydrogen (secondary N) is 2. The summed E-state index contributed by atoms with van der Waals surface area (Å²) in [7, 11) is 0. The molecule has 3 aromatic rings. The zero-order valence-corrected chi connectivity index (χ0v) is 14.7. The minimum absolute atomic E-state index is 0.220. The van der Waals surface area contributed by atoms with E-state index >= 15 is 0 Å². The van der Waals surface area contributed by atoms with Crippen LogP contribution in [0, 0.1) is 0 Å². The molecular weight excluding hydrogens is 328 g/mol. The van der Waals surface area contributed by atoms with Gasteiger partial charge in [-0.3, -0.25) is 9.59 Å². The maximum absolute atomic E-state index is 12.6. The second-order valence-corrected chi connectivity index (χ2v) is 5.85. The van der Waals surface area contributed by atoms with Crippen LogP contribution in [-0.2, 0) is 11.2 Å². The number of anilines is 2. The minimum atomic E-state index is -0.337. The van der Waals surface area contributed by atoms with Crippen molar-refractivity contribution in [3.8, 4) is 5.69 Å². The Morgan fingerprint density at radius 2 is 1.69 bits per heavy atom. The van der Waals surface area contributed by atoms with Gasteiger partial charge in [-0.05, 0) is 36.2 Å². The first-order valence-corrected chi connectivity index (χ1v) is 8.40. The Morgan fingerprint density at radius 1 is 1.00 bits per heavy atom. The van der Waals surface area contributed by atoms with Gasteiger partial charge in [-0.25, -0.2) is 4.68 Å². The zero-order chi connectivity index (χ0) is 18.5. The van der Waals surface area contributed by atoms with Gasteiger partial charge in [0.15, 0.2) is 5.69 Å². The van der Waals surface area contributed by atoms with Crippen molar-refractivity contribution in [2.75, 3.05) is 10.6 Å². The molecule has 2 aromatic carbocycles. The minimum Gasteiger partial charge on any atom is -0.321 e. The van der Waals surface area contributed by atoms with E-state index < -0.39 is 0 Å². The number of carbonyl (C=O) groups is 2. The lowest BCUT2D eigenvalue weighted by Crippen LogP contribution is -2.13.